The molecule has 0 atom stereocenters. The predicted octanol–water partition coefficient (Wildman–Crippen LogP) is 0.615. The maximum atomic E-state index is 11.4. The largest absolute Gasteiger partial charge is 0.387 e. The molecule has 17 heavy (non-hydrogen) atoms. The van der Waals surface area contributed by atoms with Gasteiger partial charge in [-0.3, -0.25) is 10.1 Å². The summed E-state index contributed by atoms with van der Waals surface area (Å²) in [7, 11) is 0. The van der Waals surface area contributed by atoms with Gasteiger partial charge in [0.1, 0.15) is 11.6 Å². The number of amides is 3. The number of imide groups is 1. The molecule has 6 nitrogen and oxygen atoms in total. The molecule has 0 unspecified atom stereocenters. The first-order valence-corrected chi connectivity index (χ1v) is 5.34. The van der Waals surface area contributed by atoms with Crippen LogP contribution >= 0.6 is 0 Å². The Balaban J connectivity index is 4.54. The van der Waals surface area contributed by atoms with Gasteiger partial charge in [-0.2, -0.15) is 5.26 Å². The van der Waals surface area contributed by atoms with E-state index in [4.69, 9.17) is 11.0 Å². The van der Waals surface area contributed by atoms with E-state index in [1.165, 1.54) is 0 Å². The van der Waals surface area contributed by atoms with Crippen LogP contribution in [0.5, 0.6) is 0 Å². The molecule has 0 aromatic heterocycles. The molecule has 6 heteroatoms. The number of rotatable bonds is 5. The van der Waals surface area contributed by atoms with Gasteiger partial charge in [-0.15, -0.1) is 0 Å². The Bertz CT molecular complexity index is 366. The van der Waals surface area contributed by atoms with Crippen molar-refractivity contribution in [3.8, 4) is 6.07 Å². The van der Waals surface area contributed by atoms with Crippen LogP contribution in [-0.2, 0) is 4.79 Å². The molecule has 0 spiro atoms. The van der Waals surface area contributed by atoms with E-state index in [2.05, 4.69) is 19.2 Å². The lowest BCUT2D eigenvalue weighted by atomic mass is 10.1. The summed E-state index contributed by atoms with van der Waals surface area (Å²) in [6.45, 7) is 6.43. The molecular formula is C11H18N4O2. The summed E-state index contributed by atoms with van der Waals surface area (Å²) >= 11 is 0. The van der Waals surface area contributed by atoms with Crippen LogP contribution in [-0.4, -0.2) is 18.5 Å². The number of nitriles is 1. The third-order valence-corrected chi connectivity index (χ3v) is 2.06. The Morgan fingerprint density at radius 3 is 2.41 bits per heavy atom. The fourth-order valence-corrected chi connectivity index (χ4v) is 1.12. The molecule has 4 N–H and O–H groups in total. The van der Waals surface area contributed by atoms with E-state index in [9.17, 15) is 9.59 Å². The van der Waals surface area contributed by atoms with Crippen LogP contribution in [0.25, 0.3) is 0 Å². The van der Waals surface area contributed by atoms with Crippen LogP contribution in [0.1, 0.15) is 27.2 Å². The lowest BCUT2D eigenvalue weighted by molar-refractivity contribution is -0.116. The van der Waals surface area contributed by atoms with Crippen LogP contribution in [0.15, 0.2) is 11.3 Å². The molecule has 0 aliphatic heterocycles. The first-order valence-electron chi connectivity index (χ1n) is 5.34. The molecule has 94 valence electrons. The van der Waals surface area contributed by atoms with Gasteiger partial charge in [0.05, 0.1) is 0 Å². The molecule has 0 aliphatic rings. The summed E-state index contributed by atoms with van der Waals surface area (Å²) in [6, 6.07) is 0.768. The monoisotopic (exact) mass is 238 g/mol. The zero-order chi connectivity index (χ0) is 13.4. The van der Waals surface area contributed by atoms with Gasteiger partial charge in [-0.25, -0.2) is 4.79 Å². The number of allylic oxidation sites excluding steroid dienone is 1. The summed E-state index contributed by atoms with van der Waals surface area (Å²) < 4.78 is 0. The minimum Gasteiger partial charge on any atom is -0.387 e. The number of carbonyl (C=O) groups is 2. The number of hydrogen-bond acceptors (Lipinski definition) is 4. The predicted molar refractivity (Wildman–Crippen MR) is 63.5 cm³/mol. The molecule has 0 rings (SSSR count). The first-order chi connectivity index (χ1) is 7.88. The highest BCUT2D eigenvalue weighted by molar-refractivity contribution is 6.06. The van der Waals surface area contributed by atoms with Crippen LogP contribution in [0.4, 0.5) is 4.79 Å². The van der Waals surface area contributed by atoms with Crippen LogP contribution in [0.3, 0.4) is 0 Å². The second-order valence-corrected chi connectivity index (χ2v) is 4.04. The number of nitrogens with zero attached hydrogens (tertiary/aromatic N) is 1. The minimum absolute atomic E-state index is 0.132. The maximum absolute atomic E-state index is 11.4. The van der Waals surface area contributed by atoms with Crippen molar-refractivity contribution in [2.45, 2.75) is 27.2 Å². The summed E-state index contributed by atoms with van der Waals surface area (Å²) in [4.78, 5) is 21.9. The van der Waals surface area contributed by atoms with Crippen molar-refractivity contribution in [3.63, 3.8) is 0 Å². The molecule has 0 saturated heterocycles. The number of nitrogens with one attached hydrogen (secondary N) is 2. The number of primary amides is 1. The molecule has 0 aliphatic carbocycles. The van der Waals surface area contributed by atoms with Crippen molar-refractivity contribution in [2.24, 2.45) is 11.7 Å². The first kappa shape index (κ1) is 15.0. The van der Waals surface area contributed by atoms with E-state index in [0.717, 1.165) is 6.42 Å². The molecule has 0 aromatic carbocycles. The zero-order valence-corrected chi connectivity index (χ0v) is 10.3. The number of nitrogens with two attached hydrogens (primary N) is 1. The van der Waals surface area contributed by atoms with E-state index >= 15 is 0 Å². The smallest absolute Gasteiger partial charge is 0.319 e. The van der Waals surface area contributed by atoms with Gasteiger partial charge in [0.2, 0.25) is 0 Å². The van der Waals surface area contributed by atoms with Gasteiger partial charge in [-0.1, -0.05) is 13.8 Å². The third kappa shape index (κ3) is 6.20. The summed E-state index contributed by atoms with van der Waals surface area (Å²) in [5.41, 5.74) is 5.11. The van der Waals surface area contributed by atoms with Gasteiger partial charge in [0.25, 0.3) is 5.91 Å². The second-order valence-electron chi connectivity index (χ2n) is 4.04. The highest BCUT2D eigenvalue weighted by Gasteiger charge is 2.14. The summed E-state index contributed by atoms with van der Waals surface area (Å²) in [6.07, 6.45) is 0.924. The highest BCUT2D eigenvalue weighted by atomic mass is 16.2. The Labute approximate surface area is 101 Å². The van der Waals surface area contributed by atoms with Crippen molar-refractivity contribution in [1.29, 1.82) is 5.26 Å². The van der Waals surface area contributed by atoms with Gasteiger partial charge in [-0.05, 0) is 19.3 Å². The van der Waals surface area contributed by atoms with Crippen LogP contribution < -0.4 is 16.4 Å². The van der Waals surface area contributed by atoms with Gasteiger partial charge >= 0.3 is 6.03 Å². The van der Waals surface area contributed by atoms with Crippen molar-refractivity contribution in [3.05, 3.63) is 11.3 Å². The van der Waals surface area contributed by atoms with E-state index in [1.54, 1.807) is 13.0 Å². The summed E-state index contributed by atoms with van der Waals surface area (Å²) in [5.74, 6) is -0.255. The van der Waals surface area contributed by atoms with Gasteiger partial charge in [0, 0.05) is 12.2 Å². The highest BCUT2D eigenvalue weighted by Crippen LogP contribution is 2.02. The van der Waals surface area contributed by atoms with Crippen molar-refractivity contribution in [1.82, 2.24) is 10.6 Å². The average molecular weight is 238 g/mol. The van der Waals surface area contributed by atoms with Gasteiger partial charge in [0.15, 0.2) is 0 Å². The average Bonchev–Trinajstić information content (AvgIpc) is 2.16. The summed E-state index contributed by atoms with van der Waals surface area (Å²) in [5, 5.41) is 13.6. The van der Waals surface area contributed by atoms with Crippen LogP contribution in [0, 0.1) is 17.2 Å². The lowest BCUT2D eigenvalue weighted by Crippen LogP contribution is -2.36. The fourth-order valence-electron chi connectivity index (χ4n) is 1.12. The number of hydrogen-bond donors (Lipinski definition) is 3. The molecule has 0 saturated carbocycles. The molecule has 3 amide bonds. The lowest BCUT2D eigenvalue weighted by Gasteiger charge is -2.10. The SMILES string of the molecule is C/C(NCCC(C)C)=C(\C#N)C(=O)NC(N)=O. The van der Waals surface area contributed by atoms with Crippen molar-refractivity contribution in [2.75, 3.05) is 6.54 Å². The number of carbonyl (C=O) groups excluding carboxylic acids is 2. The fraction of sp³-hybridized carbons (Fsp3) is 0.545. The molecule has 0 radical (unpaired) electrons. The Morgan fingerprint density at radius 1 is 1.41 bits per heavy atom. The third-order valence-electron chi connectivity index (χ3n) is 2.06. The molecule has 0 fully saturated rings. The van der Waals surface area contributed by atoms with Crippen molar-refractivity contribution < 1.29 is 9.59 Å². The minimum atomic E-state index is -0.974. The Kier molecular flexibility index (Phi) is 6.41. The normalized spacial score (nSPS) is 11.5. The van der Waals surface area contributed by atoms with E-state index in [-0.39, 0.29) is 5.57 Å². The van der Waals surface area contributed by atoms with Crippen LogP contribution in [0.2, 0.25) is 0 Å². The Morgan fingerprint density at radius 2 is 2.00 bits per heavy atom. The zero-order valence-electron chi connectivity index (χ0n) is 10.3. The molecule has 0 bridgehead atoms. The maximum Gasteiger partial charge on any atom is 0.319 e. The van der Waals surface area contributed by atoms with E-state index < -0.39 is 11.9 Å². The van der Waals surface area contributed by atoms with Crippen molar-refractivity contribution >= 4 is 11.9 Å². The quantitative estimate of drug-likeness (QED) is 0.481. The Hall–Kier alpha value is -2.03. The standard InChI is InChI=1S/C11H18N4O2/c1-7(2)4-5-14-8(3)9(6-12)10(16)15-11(13)17/h7,14H,4-5H2,1-3H3,(H3,13,15,16,17)/b9-8-. The topological polar surface area (TPSA) is 108 Å². The molecule has 0 aromatic rings. The van der Waals surface area contributed by atoms with E-state index in [1.807, 2.05) is 5.32 Å². The molecule has 0 heterocycles. The second kappa shape index (κ2) is 7.28. The molecular weight excluding hydrogens is 220 g/mol. The van der Waals surface area contributed by atoms with E-state index in [0.29, 0.717) is 18.2 Å². The number of urea groups is 1. The van der Waals surface area contributed by atoms with Gasteiger partial charge < -0.3 is 11.1 Å².